The van der Waals surface area contributed by atoms with Crippen LogP contribution in [0.1, 0.15) is 18.1 Å². The van der Waals surface area contributed by atoms with Gasteiger partial charge in [0.15, 0.2) is 0 Å². The second kappa shape index (κ2) is 9.89. The van der Waals surface area contributed by atoms with Gasteiger partial charge in [-0.05, 0) is 42.8 Å². The highest BCUT2D eigenvalue weighted by Gasteiger charge is 2.18. The minimum atomic E-state index is -0.651. The number of para-hydroxylation sites is 2. The van der Waals surface area contributed by atoms with Crippen LogP contribution >= 0.6 is 0 Å². The highest BCUT2D eigenvalue weighted by Crippen LogP contribution is 2.24. The number of nitriles is 1. The molecule has 0 heterocycles. The van der Waals surface area contributed by atoms with Gasteiger partial charge in [-0.1, -0.05) is 30.3 Å². The molecule has 1 unspecified atom stereocenters. The molecule has 0 aromatic heterocycles. The smallest absolute Gasteiger partial charge is 0.292 e. The van der Waals surface area contributed by atoms with Crippen LogP contribution in [0.3, 0.4) is 0 Å². The monoisotopic (exact) mass is 416 g/mol. The Morgan fingerprint density at radius 3 is 2.68 bits per heavy atom. The third-order valence-corrected chi connectivity index (χ3v) is 4.43. The van der Waals surface area contributed by atoms with Crippen molar-refractivity contribution < 1.29 is 14.5 Å². The molecule has 0 aliphatic rings. The average molecular weight is 416 g/mol. The molecule has 0 saturated carbocycles. The fourth-order valence-electron chi connectivity index (χ4n) is 2.87. The minimum Gasteiger partial charge on any atom is -0.489 e. The van der Waals surface area contributed by atoms with Gasteiger partial charge in [0.25, 0.3) is 5.69 Å². The van der Waals surface area contributed by atoms with Gasteiger partial charge in [-0.15, -0.1) is 0 Å². The van der Waals surface area contributed by atoms with Crippen molar-refractivity contribution in [3.05, 3.63) is 94.0 Å². The number of hydrogen-bond acceptors (Lipinski definition) is 6. The van der Waals surface area contributed by atoms with Gasteiger partial charge in [0, 0.05) is 17.8 Å². The Hall–Kier alpha value is -4.38. The number of nitro benzene ring substituents is 1. The first-order valence-corrected chi connectivity index (χ1v) is 9.49. The normalized spacial score (nSPS) is 11.1. The van der Waals surface area contributed by atoms with E-state index in [4.69, 9.17) is 10.00 Å². The number of nitrogens with zero attached hydrogens (tertiary/aromatic N) is 2. The molecule has 0 spiro atoms. The third kappa shape index (κ3) is 5.81. The van der Waals surface area contributed by atoms with E-state index in [1.807, 2.05) is 6.07 Å². The van der Waals surface area contributed by atoms with Crippen molar-refractivity contribution >= 4 is 23.0 Å². The van der Waals surface area contributed by atoms with Crippen LogP contribution in [0.2, 0.25) is 0 Å². The molecule has 3 rings (SSSR count). The zero-order valence-corrected chi connectivity index (χ0v) is 16.7. The number of hydrogen-bond donors (Lipinski definition) is 2. The summed E-state index contributed by atoms with van der Waals surface area (Å²) in [5.41, 5.74) is 2.07. The molecule has 8 nitrogen and oxygen atoms in total. The molecule has 1 atom stereocenters. The lowest BCUT2D eigenvalue weighted by Crippen LogP contribution is -2.32. The largest absolute Gasteiger partial charge is 0.489 e. The topological polar surface area (TPSA) is 117 Å². The molecule has 0 radical (unpaired) electrons. The second-order valence-corrected chi connectivity index (χ2v) is 6.76. The van der Waals surface area contributed by atoms with E-state index < -0.39 is 16.9 Å². The van der Waals surface area contributed by atoms with E-state index in [0.717, 1.165) is 5.56 Å². The van der Waals surface area contributed by atoms with E-state index in [0.29, 0.717) is 23.6 Å². The van der Waals surface area contributed by atoms with Gasteiger partial charge in [0.2, 0.25) is 5.91 Å². The van der Waals surface area contributed by atoms with Gasteiger partial charge in [0.05, 0.1) is 16.6 Å². The van der Waals surface area contributed by atoms with Gasteiger partial charge < -0.3 is 15.4 Å². The highest BCUT2D eigenvalue weighted by atomic mass is 16.6. The number of nitrogens with one attached hydrogen (secondary N) is 2. The van der Waals surface area contributed by atoms with Crippen molar-refractivity contribution in [2.75, 3.05) is 10.6 Å². The van der Waals surface area contributed by atoms with Gasteiger partial charge >= 0.3 is 0 Å². The average Bonchev–Trinajstić information content (AvgIpc) is 2.78. The quantitative estimate of drug-likeness (QED) is 0.413. The lowest BCUT2D eigenvalue weighted by Gasteiger charge is -2.16. The summed E-state index contributed by atoms with van der Waals surface area (Å²) in [5, 5.41) is 25.7. The zero-order valence-electron chi connectivity index (χ0n) is 16.7. The Morgan fingerprint density at radius 2 is 1.90 bits per heavy atom. The number of benzene rings is 3. The summed E-state index contributed by atoms with van der Waals surface area (Å²) in [6.45, 7) is 1.96. The van der Waals surface area contributed by atoms with Crippen molar-refractivity contribution in [1.29, 1.82) is 5.26 Å². The maximum Gasteiger partial charge on any atom is 0.292 e. The maximum absolute atomic E-state index is 12.5. The molecule has 0 aliphatic carbocycles. The molecule has 156 valence electrons. The van der Waals surface area contributed by atoms with Crippen LogP contribution in [-0.4, -0.2) is 16.9 Å². The van der Waals surface area contributed by atoms with Crippen molar-refractivity contribution in [3.63, 3.8) is 0 Å². The van der Waals surface area contributed by atoms with Crippen LogP contribution in [0.4, 0.5) is 17.1 Å². The van der Waals surface area contributed by atoms with Crippen molar-refractivity contribution in [2.45, 2.75) is 19.6 Å². The van der Waals surface area contributed by atoms with Crippen LogP contribution in [-0.2, 0) is 11.4 Å². The van der Waals surface area contributed by atoms with Crippen LogP contribution in [0, 0.1) is 21.4 Å². The number of amides is 1. The Labute approximate surface area is 179 Å². The Morgan fingerprint density at radius 1 is 1.13 bits per heavy atom. The summed E-state index contributed by atoms with van der Waals surface area (Å²) in [7, 11) is 0. The Bertz CT molecular complexity index is 1140. The van der Waals surface area contributed by atoms with Gasteiger partial charge in [-0.3, -0.25) is 14.9 Å². The number of nitro groups is 1. The number of anilines is 2. The number of carbonyl (C=O) groups is 1. The van der Waals surface area contributed by atoms with E-state index in [9.17, 15) is 14.9 Å². The lowest BCUT2D eigenvalue weighted by molar-refractivity contribution is -0.383. The van der Waals surface area contributed by atoms with Crippen LogP contribution in [0.5, 0.6) is 5.75 Å². The molecule has 0 saturated heterocycles. The highest BCUT2D eigenvalue weighted by molar-refractivity contribution is 5.98. The first-order chi connectivity index (χ1) is 15.0. The molecule has 2 N–H and O–H groups in total. The number of ether oxygens (including phenoxy) is 1. The second-order valence-electron chi connectivity index (χ2n) is 6.76. The SMILES string of the molecule is CC(Nc1cccc(OCc2cccc(C#N)c2)c1)C(=O)Nc1ccccc1[N+](=O)[O-]. The first-order valence-electron chi connectivity index (χ1n) is 9.49. The number of carbonyl (C=O) groups excluding carboxylic acids is 1. The molecular formula is C23H20N4O4. The van der Waals surface area contributed by atoms with E-state index in [1.54, 1.807) is 55.5 Å². The van der Waals surface area contributed by atoms with E-state index in [2.05, 4.69) is 16.7 Å². The molecule has 0 aliphatic heterocycles. The van der Waals surface area contributed by atoms with Gasteiger partial charge in [0.1, 0.15) is 24.1 Å². The molecule has 0 fully saturated rings. The predicted octanol–water partition coefficient (Wildman–Crippen LogP) is 4.48. The van der Waals surface area contributed by atoms with Gasteiger partial charge in [-0.25, -0.2) is 0 Å². The molecule has 8 heteroatoms. The molecule has 31 heavy (non-hydrogen) atoms. The fourth-order valence-corrected chi connectivity index (χ4v) is 2.87. The Balaban J connectivity index is 1.61. The number of rotatable bonds is 8. The van der Waals surface area contributed by atoms with Crippen LogP contribution < -0.4 is 15.4 Å². The summed E-state index contributed by atoms with van der Waals surface area (Å²) in [4.78, 5) is 23.1. The first kappa shape index (κ1) is 21.3. The maximum atomic E-state index is 12.5. The van der Waals surface area contributed by atoms with Crippen molar-refractivity contribution in [2.24, 2.45) is 0 Å². The zero-order chi connectivity index (χ0) is 22.2. The molecule has 3 aromatic carbocycles. The van der Waals surface area contributed by atoms with Crippen molar-refractivity contribution in [3.8, 4) is 11.8 Å². The standard InChI is InChI=1S/C23H20N4O4/c1-16(23(28)26-21-10-2-3-11-22(21)27(29)30)25-19-8-5-9-20(13-19)31-15-18-7-4-6-17(12-18)14-24/h2-13,16,25H,15H2,1H3,(H,26,28). The Kier molecular flexibility index (Phi) is 6.81. The van der Waals surface area contributed by atoms with Crippen LogP contribution in [0.25, 0.3) is 0 Å². The molecule has 1 amide bonds. The lowest BCUT2D eigenvalue weighted by atomic mass is 10.1. The van der Waals surface area contributed by atoms with Crippen LogP contribution in [0.15, 0.2) is 72.8 Å². The summed E-state index contributed by atoms with van der Waals surface area (Å²) in [6.07, 6.45) is 0. The summed E-state index contributed by atoms with van der Waals surface area (Å²) >= 11 is 0. The van der Waals surface area contributed by atoms with Crippen molar-refractivity contribution in [1.82, 2.24) is 0 Å². The van der Waals surface area contributed by atoms with E-state index in [-0.39, 0.29) is 11.4 Å². The van der Waals surface area contributed by atoms with E-state index >= 15 is 0 Å². The summed E-state index contributed by atoms with van der Waals surface area (Å²) in [5.74, 6) is 0.188. The summed E-state index contributed by atoms with van der Waals surface area (Å²) in [6, 6.07) is 21.7. The molecule has 0 bridgehead atoms. The van der Waals surface area contributed by atoms with E-state index in [1.165, 1.54) is 18.2 Å². The molecule has 3 aromatic rings. The third-order valence-electron chi connectivity index (χ3n) is 4.43. The predicted molar refractivity (Wildman–Crippen MR) is 117 cm³/mol. The molecular weight excluding hydrogens is 396 g/mol. The fraction of sp³-hybridized carbons (Fsp3) is 0.130. The minimum absolute atomic E-state index is 0.142. The summed E-state index contributed by atoms with van der Waals surface area (Å²) < 4.78 is 5.79. The van der Waals surface area contributed by atoms with Gasteiger partial charge in [-0.2, -0.15) is 5.26 Å².